The topological polar surface area (TPSA) is 92.7 Å². The zero-order valence-corrected chi connectivity index (χ0v) is 28.7. The summed E-state index contributed by atoms with van der Waals surface area (Å²) in [5.74, 6) is 1.91. The van der Waals surface area contributed by atoms with Gasteiger partial charge in [-0.15, -0.1) is 0 Å². The van der Waals surface area contributed by atoms with Crippen LogP contribution in [-0.4, -0.2) is 35.1 Å². The summed E-state index contributed by atoms with van der Waals surface area (Å²) in [7, 11) is 0. The average Bonchev–Trinajstić information content (AvgIpc) is 3.32. The molecule has 5 saturated carbocycles. The third kappa shape index (κ3) is 4.72. The average molecular weight is 600 g/mol. The fourth-order valence-corrected chi connectivity index (χ4v) is 12.8. The second-order valence-electron chi connectivity index (χ2n) is 17.4. The summed E-state index contributed by atoms with van der Waals surface area (Å²) >= 11 is 0. The van der Waals surface area contributed by atoms with Crippen LogP contribution in [0.3, 0.4) is 0 Å². The van der Waals surface area contributed by atoms with Gasteiger partial charge in [0.05, 0.1) is 5.41 Å². The highest BCUT2D eigenvalue weighted by Crippen LogP contribution is 2.77. The Morgan fingerprint density at radius 3 is 2.16 bits per heavy atom. The van der Waals surface area contributed by atoms with E-state index in [1.54, 1.807) is 6.92 Å². The van der Waals surface area contributed by atoms with Gasteiger partial charge in [-0.25, -0.2) is 0 Å². The Kier molecular flexibility index (Phi) is 8.42. The molecule has 1 amide bonds. The van der Waals surface area contributed by atoms with Crippen LogP contribution in [0.4, 0.5) is 0 Å². The number of esters is 1. The second kappa shape index (κ2) is 11.0. The van der Waals surface area contributed by atoms with Crippen molar-refractivity contribution < 1.29 is 24.2 Å². The number of rotatable bonds is 7. The third-order valence-corrected chi connectivity index (χ3v) is 15.2. The van der Waals surface area contributed by atoms with Crippen molar-refractivity contribution in [1.82, 2.24) is 5.32 Å². The van der Waals surface area contributed by atoms with E-state index in [0.29, 0.717) is 41.9 Å². The molecule has 6 heteroatoms. The lowest BCUT2D eigenvalue weighted by Gasteiger charge is -2.73. The molecule has 5 unspecified atom stereocenters. The van der Waals surface area contributed by atoms with Crippen LogP contribution in [-0.2, 0) is 19.1 Å². The van der Waals surface area contributed by atoms with Gasteiger partial charge in [-0.2, -0.15) is 0 Å². The van der Waals surface area contributed by atoms with E-state index >= 15 is 0 Å². The highest BCUT2D eigenvalue weighted by molar-refractivity contribution is 5.88. The second-order valence-corrected chi connectivity index (χ2v) is 17.4. The van der Waals surface area contributed by atoms with Crippen molar-refractivity contribution in [1.29, 1.82) is 0 Å². The molecule has 5 aliphatic carbocycles. The zero-order chi connectivity index (χ0) is 31.8. The maximum Gasteiger partial charge on any atom is 0.325 e. The van der Waals surface area contributed by atoms with Crippen molar-refractivity contribution in [3.63, 3.8) is 0 Å². The molecule has 0 bridgehead atoms. The molecule has 0 aliphatic heterocycles. The summed E-state index contributed by atoms with van der Waals surface area (Å²) in [6.07, 6.45) is 12.0. The van der Waals surface area contributed by atoms with E-state index in [-0.39, 0.29) is 39.6 Å². The Labute approximate surface area is 261 Å². The van der Waals surface area contributed by atoms with E-state index in [9.17, 15) is 19.5 Å². The summed E-state index contributed by atoms with van der Waals surface area (Å²) in [6.45, 7) is 20.8. The fraction of sp³-hybridized carbons (Fsp3) is 0.919. The summed E-state index contributed by atoms with van der Waals surface area (Å²) in [5.41, 5.74) is 0.0286. The largest absolute Gasteiger partial charge is 0.480 e. The van der Waals surface area contributed by atoms with Gasteiger partial charge in [0.15, 0.2) is 0 Å². The van der Waals surface area contributed by atoms with Gasteiger partial charge in [0.2, 0.25) is 5.91 Å². The van der Waals surface area contributed by atoms with E-state index < -0.39 is 17.4 Å². The van der Waals surface area contributed by atoms with Gasteiger partial charge in [-0.05, 0) is 129 Å². The molecule has 5 rings (SSSR count). The smallest absolute Gasteiger partial charge is 0.325 e. The molecule has 0 spiro atoms. The normalized spacial score (nSPS) is 45.6. The monoisotopic (exact) mass is 599 g/mol. The number of carbonyl (C=O) groups is 3. The summed E-state index contributed by atoms with van der Waals surface area (Å²) < 4.78 is 6.15. The van der Waals surface area contributed by atoms with Gasteiger partial charge in [-0.3, -0.25) is 14.4 Å². The van der Waals surface area contributed by atoms with Gasteiger partial charge in [-0.1, -0.05) is 55.4 Å². The van der Waals surface area contributed by atoms with E-state index in [1.165, 1.54) is 19.3 Å². The number of amides is 1. The molecular weight excluding hydrogens is 538 g/mol. The van der Waals surface area contributed by atoms with Crippen molar-refractivity contribution >= 4 is 17.8 Å². The molecule has 0 radical (unpaired) electrons. The Morgan fingerprint density at radius 2 is 1.53 bits per heavy atom. The molecule has 0 saturated heterocycles. The van der Waals surface area contributed by atoms with Crippen molar-refractivity contribution in [2.75, 3.05) is 0 Å². The Balaban J connectivity index is 1.47. The number of aliphatic carboxylic acids is 1. The highest BCUT2D eigenvalue weighted by Gasteiger charge is 2.72. The number of ether oxygens (including phenoxy) is 1. The summed E-state index contributed by atoms with van der Waals surface area (Å²) in [5, 5.41) is 12.5. The van der Waals surface area contributed by atoms with Gasteiger partial charge in [0, 0.05) is 11.8 Å². The highest BCUT2D eigenvalue weighted by atomic mass is 16.5. The first-order chi connectivity index (χ1) is 20.0. The van der Waals surface area contributed by atoms with Crippen LogP contribution in [0.5, 0.6) is 0 Å². The van der Waals surface area contributed by atoms with Crippen LogP contribution < -0.4 is 5.32 Å². The molecule has 0 aromatic carbocycles. The minimum Gasteiger partial charge on any atom is -0.480 e. The Hall–Kier alpha value is -1.59. The predicted octanol–water partition coefficient (Wildman–Crippen LogP) is 8.03. The van der Waals surface area contributed by atoms with Crippen LogP contribution in [0.1, 0.15) is 139 Å². The molecule has 6 nitrogen and oxygen atoms in total. The van der Waals surface area contributed by atoms with Gasteiger partial charge in [0.25, 0.3) is 0 Å². The maximum absolute atomic E-state index is 14.1. The van der Waals surface area contributed by atoms with Crippen LogP contribution in [0, 0.1) is 62.6 Å². The molecular formula is C37H61NO5. The van der Waals surface area contributed by atoms with Gasteiger partial charge >= 0.3 is 11.9 Å². The predicted molar refractivity (Wildman–Crippen MR) is 169 cm³/mol. The molecule has 5 fully saturated rings. The minimum atomic E-state index is -0.962. The lowest BCUT2D eigenvalue weighted by atomic mass is 9.32. The molecule has 244 valence electrons. The first-order valence-corrected chi connectivity index (χ1v) is 17.7. The maximum atomic E-state index is 14.1. The van der Waals surface area contributed by atoms with Crippen molar-refractivity contribution in [2.45, 2.75) is 152 Å². The number of hydrogen-bond donors (Lipinski definition) is 2. The Bertz CT molecular complexity index is 1120. The summed E-state index contributed by atoms with van der Waals surface area (Å²) in [4.78, 5) is 38.4. The third-order valence-electron chi connectivity index (χ3n) is 15.2. The van der Waals surface area contributed by atoms with E-state index in [4.69, 9.17) is 4.74 Å². The number of hydrogen-bond acceptors (Lipinski definition) is 4. The lowest BCUT2D eigenvalue weighted by molar-refractivity contribution is -0.250. The van der Waals surface area contributed by atoms with E-state index in [1.807, 2.05) is 6.92 Å². The standard InChI is InChI=1S/C37H61NO5/c1-10-11-29(39)43-28-16-17-34(7)26(33(28,5)6)15-18-36(9)27(34)13-12-25-30-24(22(2)3)14-19-37(30,21-20-35(25,36)8)32(42)38-23(4)31(40)41/h22-28,30H,10-21H2,1-9H3,(H,38,42)(H,40,41)/t23-,24?,25?,26?,27?,28-,30?,34+,35-,36-,37+/m1/s1. The van der Waals surface area contributed by atoms with E-state index in [2.05, 4.69) is 53.8 Å². The van der Waals surface area contributed by atoms with Crippen LogP contribution in [0.25, 0.3) is 0 Å². The molecule has 0 aromatic heterocycles. The first kappa shape index (κ1) is 32.8. The molecule has 2 N–H and O–H groups in total. The van der Waals surface area contributed by atoms with Crippen LogP contribution in [0.15, 0.2) is 0 Å². The zero-order valence-electron chi connectivity index (χ0n) is 28.7. The minimum absolute atomic E-state index is 0.00163. The van der Waals surface area contributed by atoms with Crippen LogP contribution in [0.2, 0.25) is 0 Å². The molecule has 5 aliphatic rings. The number of fused-ring (bicyclic) bond motifs is 7. The quantitative estimate of drug-likeness (QED) is 0.289. The fourth-order valence-electron chi connectivity index (χ4n) is 12.8. The number of carbonyl (C=O) groups excluding carboxylic acids is 2. The molecule has 11 atom stereocenters. The summed E-state index contributed by atoms with van der Waals surface area (Å²) in [6, 6.07) is -0.864. The van der Waals surface area contributed by atoms with Gasteiger partial charge < -0.3 is 15.2 Å². The van der Waals surface area contributed by atoms with Gasteiger partial charge in [0.1, 0.15) is 12.1 Å². The lowest BCUT2D eigenvalue weighted by Crippen LogP contribution is -2.67. The number of carboxylic acid groups (broad SMARTS) is 1. The first-order valence-electron chi connectivity index (χ1n) is 17.7. The molecule has 0 heterocycles. The SMILES string of the molecule is CCCC(=O)O[C@@H]1CC[C@@]2(C)C(CC[C@]3(C)C2CCC2C4C(C(C)C)CC[C@]4(C(=O)N[C@H](C)C(=O)O)CC[C@]23C)C1(C)C. The van der Waals surface area contributed by atoms with Crippen molar-refractivity contribution in [2.24, 2.45) is 62.6 Å². The van der Waals surface area contributed by atoms with E-state index in [0.717, 1.165) is 51.4 Å². The molecule has 43 heavy (non-hydrogen) atoms. The number of nitrogens with one attached hydrogen (secondary N) is 1. The number of carboxylic acids is 1. The Morgan fingerprint density at radius 1 is 0.837 bits per heavy atom. The molecule has 0 aromatic rings. The van der Waals surface area contributed by atoms with Crippen molar-refractivity contribution in [3.8, 4) is 0 Å². The van der Waals surface area contributed by atoms with Crippen molar-refractivity contribution in [3.05, 3.63) is 0 Å². The van der Waals surface area contributed by atoms with Crippen LogP contribution >= 0.6 is 0 Å².